The summed E-state index contributed by atoms with van der Waals surface area (Å²) in [5, 5.41) is 13.6. The van der Waals surface area contributed by atoms with E-state index in [-0.39, 0.29) is 11.7 Å². The quantitative estimate of drug-likeness (QED) is 0.446. The highest BCUT2D eigenvalue weighted by Gasteiger charge is 2.23. The Hall–Kier alpha value is -3.54. The van der Waals surface area contributed by atoms with Gasteiger partial charge in [0.05, 0.1) is 12.8 Å². The first kappa shape index (κ1) is 22.6. The van der Waals surface area contributed by atoms with E-state index < -0.39 is 0 Å². The average Bonchev–Trinajstić information content (AvgIpc) is 3.26. The largest absolute Gasteiger partial charge is 0.507 e. The number of carbonyl (C=O) groups is 1. The number of benzene rings is 2. The Balaban J connectivity index is 1.81. The second kappa shape index (κ2) is 9.94. The summed E-state index contributed by atoms with van der Waals surface area (Å²) in [7, 11) is 1.66. The van der Waals surface area contributed by atoms with Crippen molar-refractivity contribution in [1.29, 1.82) is 0 Å². The number of methoxy groups -OCH3 is 1. The third-order valence-electron chi connectivity index (χ3n) is 6.10. The molecule has 3 aromatic rings. The number of amides is 1. The number of phenolic OH excluding ortho intramolecular Hbond substituents is 1. The highest BCUT2D eigenvalue weighted by atomic mass is 16.5. The zero-order valence-corrected chi connectivity index (χ0v) is 19.5. The molecule has 2 N–H and O–H groups in total. The Morgan fingerprint density at radius 1 is 1.18 bits per heavy atom. The SMILES string of the molecule is CCCC(=O)Nc1ccc(O)c(-c2cc(-c3cccc(OC)c3)cc(N3CCCC3C)n2)c1. The molecule has 1 amide bonds. The van der Waals surface area contributed by atoms with E-state index >= 15 is 0 Å². The van der Waals surface area contributed by atoms with Crippen LogP contribution >= 0.6 is 0 Å². The summed E-state index contributed by atoms with van der Waals surface area (Å²) >= 11 is 0. The van der Waals surface area contributed by atoms with E-state index in [4.69, 9.17) is 9.72 Å². The number of ether oxygens (including phenoxy) is 1. The third-order valence-corrected chi connectivity index (χ3v) is 6.10. The normalized spacial score (nSPS) is 15.5. The molecule has 0 bridgehead atoms. The van der Waals surface area contributed by atoms with Gasteiger partial charge in [-0.25, -0.2) is 4.98 Å². The minimum absolute atomic E-state index is 0.0428. The van der Waals surface area contributed by atoms with Gasteiger partial charge >= 0.3 is 0 Å². The van der Waals surface area contributed by atoms with Gasteiger partial charge in [0.1, 0.15) is 17.3 Å². The van der Waals surface area contributed by atoms with E-state index in [1.165, 1.54) is 0 Å². The van der Waals surface area contributed by atoms with Crippen LogP contribution in [-0.4, -0.2) is 35.7 Å². The maximum atomic E-state index is 12.1. The summed E-state index contributed by atoms with van der Waals surface area (Å²) in [5.74, 6) is 1.75. The number of hydrogen-bond acceptors (Lipinski definition) is 5. The molecule has 6 heteroatoms. The molecule has 1 saturated heterocycles. The predicted octanol–water partition coefficient (Wildman–Crippen LogP) is 5.86. The van der Waals surface area contributed by atoms with Gasteiger partial charge in [0, 0.05) is 30.3 Å². The van der Waals surface area contributed by atoms with Gasteiger partial charge in [0.25, 0.3) is 0 Å². The van der Waals surface area contributed by atoms with Crippen molar-refractivity contribution in [3.63, 3.8) is 0 Å². The number of hydrogen-bond donors (Lipinski definition) is 2. The molecule has 33 heavy (non-hydrogen) atoms. The summed E-state index contributed by atoms with van der Waals surface area (Å²) in [5.41, 5.74) is 3.90. The highest BCUT2D eigenvalue weighted by Crippen LogP contribution is 2.37. The molecule has 1 aromatic heterocycles. The van der Waals surface area contributed by atoms with Crippen molar-refractivity contribution < 1.29 is 14.6 Å². The van der Waals surface area contributed by atoms with Gasteiger partial charge in [0.15, 0.2) is 0 Å². The molecule has 0 radical (unpaired) electrons. The van der Waals surface area contributed by atoms with Crippen LogP contribution in [0.4, 0.5) is 11.5 Å². The highest BCUT2D eigenvalue weighted by molar-refractivity contribution is 5.92. The standard InChI is InChI=1S/C27H31N3O3/c1-4-7-27(32)28-21-11-12-25(31)23(17-21)24-15-20(19-9-5-10-22(14-19)33-3)16-26(29-24)30-13-6-8-18(30)2/h5,9-12,14-18,31H,4,6-8,13H2,1-3H3,(H,28,32). The van der Waals surface area contributed by atoms with E-state index in [9.17, 15) is 9.90 Å². The van der Waals surface area contributed by atoms with Crippen molar-refractivity contribution in [3.8, 4) is 33.9 Å². The molecule has 0 spiro atoms. The molecule has 2 heterocycles. The van der Waals surface area contributed by atoms with Crippen molar-refractivity contribution in [2.75, 3.05) is 23.9 Å². The molecule has 1 aliphatic rings. The second-order valence-corrected chi connectivity index (χ2v) is 8.55. The lowest BCUT2D eigenvalue weighted by Crippen LogP contribution is -2.27. The lowest BCUT2D eigenvalue weighted by Gasteiger charge is -2.24. The molecule has 1 atom stereocenters. The van der Waals surface area contributed by atoms with Crippen LogP contribution in [0.15, 0.2) is 54.6 Å². The number of rotatable bonds is 7. The van der Waals surface area contributed by atoms with Crippen LogP contribution in [0.25, 0.3) is 22.4 Å². The fraction of sp³-hybridized carbons (Fsp3) is 0.333. The summed E-state index contributed by atoms with van der Waals surface area (Å²) in [6, 6.07) is 17.5. The zero-order chi connectivity index (χ0) is 23.4. The fourth-order valence-electron chi connectivity index (χ4n) is 4.31. The average molecular weight is 446 g/mol. The van der Waals surface area contributed by atoms with E-state index in [1.54, 1.807) is 25.3 Å². The van der Waals surface area contributed by atoms with Gasteiger partial charge in [-0.2, -0.15) is 0 Å². The molecule has 1 fully saturated rings. The molecule has 6 nitrogen and oxygen atoms in total. The second-order valence-electron chi connectivity index (χ2n) is 8.55. The minimum atomic E-state index is -0.0428. The van der Waals surface area contributed by atoms with Crippen LogP contribution in [0.2, 0.25) is 0 Å². The fourth-order valence-corrected chi connectivity index (χ4v) is 4.31. The first-order valence-corrected chi connectivity index (χ1v) is 11.5. The molecule has 1 aliphatic heterocycles. The number of phenols is 1. The van der Waals surface area contributed by atoms with Crippen LogP contribution in [0.5, 0.6) is 11.5 Å². The van der Waals surface area contributed by atoms with Crippen LogP contribution in [-0.2, 0) is 4.79 Å². The van der Waals surface area contributed by atoms with Gasteiger partial charge in [-0.3, -0.25) is 4.79 Å². The number of nitrogens with one attached hydrogen (secondary N) is 1. The molecule has 0 aliphatic carbocycles. The van der Waals surface area contributed by atoms with Gasteiger partial charge < -0.3 is 20.1 Å². The molecular formula is C27H31N3O3. The van der Waals surface area contributed by atoms with Crippen LogP contribution in [0.1, 0.15) is 39.5 Å². The number of anilines is 2. The molecule has 4 rings (SSSR count). The maximum absolute atomic E-state index is 12.1. The number of pyridine rings is 1. The third kappa shape index (κ3) is 5.11. The topological polar surface area (TPSA) is 74.7 Å². The number of nitrogens with zero attached hydrogens (tertiary/aromatic N) is 2. The Morgan fingerprint density at radius 3 is 2.76 bits per heavy atom. The predicted molar refractivity (Wildman–Crippen MR) is 133 cm³/mol. The van der Waals surface area contributed by atoms with Crippen molar-refractivity contribution >= 4 is 17.4 Å². The zero-order valence-electron chi connectivity index (χ0n) is 19.5. The Morgan fingerprint density at radius 2 is 2.03 bits per heavy atom. The van der Waals surface area contributed by atoms with E-state index in [0.29, 0.717) is 29.4 Å². The van der Waals surface area contributed by atoms with Gasteiger partial charge in [-0.1, -0.05) is 19.1 Å². The van der Waals surface area contributed by atoms with Gasteiger partial charge in [-0.15, -0.1) is 0 Å². The van der Waals surface area contributed by atoms with E-state index in [0.717, 1.165) is 48.5 Å². The number of aromatic hydroxyl groups is 1. The van der Waals surface area contributed by atoms with Gasteiger partial charge in [0.2, 0.25) is 5.91 Å². The summed E-state index contributed by atoms with van der Waals surface area (Å²) in [6.45, 7) is 5.14. The molecule has 0 saturated carbocycles. The van der Waals surface area contributed by atoms with Crippen molar-refractivity contribution in [3.05, 3.63) is 54.6 Å². The summed E-state index contributed by atoms with van der Waals surface area (Å²) in [6.07, 6.45) is 3.49. The lowest BCUT2D eigenvalue weighted by atomic mass is 10.0. The van der Waals surface area contributed by atoms with Crippen molar-refractivity contribution in [2.24, 2.45) is 0 Å². The Bertz CT molecular complexity index is 1150. The Kier molecular flexibility index (Phi) is 6.82. The summed E-state index contributed by atoms with van der Waals surface area (Å²) < 4.78 is 5.42. The number of aromatic nitrogens is 1. The lowest BCUT2D eigenvalue weighted by molar-refractivity contribution is -0.116. The van der Waals surface area contributed by atoms with Crippen molar-refractivity contribution in [1.82, 2.24) is 4.98 Å². The molecular weight excluding hydrogens is 414 g/mol. The van der Waals surface area contributed by atoms with E-state index in [2.05, 4.69) is 23.2 Å². The Labute approximate surface area is 195 Å². The molecule has 2 aromatic carbocycles. The summed E-state index contributed by atoms with van der Waals surface area (Å²) in [4.78, 5) is 19.4. The maximum Gasteiger partial charge on any atom is 0.224 e. The smallest absolute Gasteiger partial charge is 0.224 e. The van der Waals surface area contributed by atoms with Gasteiger partial charge in [-0.05, 0) is 79.8 Å². The first-order chi connectivity index (χ1) is 16.0. The minimum Gasteiger partial charge on any atom is -0.507 e. The van der Waals surface area contributed by atoms with Crippen LogP contribution in [0.3, 0.4) is 0 Å². The van der Waals surface area contributed by atoms with Crippen LogP contribution in [0, 0.1) is 0 Å². The first-order valence-electron chi connectivity index (χ1n) is 11.5. The van der Waals surface area contributed by atoms with Crippen LogP contribution < -0.4 is 15.0 Å². The number of carbonyl (C=O) groups excluding carboxylic acids is 1. The van der Waals surface area contributed by atoms with Crippen molar-refractivity contribution in [2.45, 2.75) is 45.6 Å². The van der Waals surface area contributed by atoms with E-state index in [1.807, 2.05) is 37.3 Å². The monoisotopic (exact) mass is 445 g/mol. The molecule has 172 valence electrons. The molecule has 1 unspecified atom stereocenters.